The molecule has 3 heterocycles. The number of hydrogen-bond acceptors (Lipinski definition) is 7. The number of pyridine rings is 1. The molecule has 0 spiro atoms. The average molecular weight is 424 g/mol. The zero-order valence-corrected chi connectivity index (χ0v) is 16.5. The summed E-state index contributed by atoms with van der Waals surface area (Å²) in [7, 11) is 0. The summed E-state index contributed by atoms with van der Waals surface area (Å²) < 4.78 is 66.5. The van der Waals surface area contributed by atoms with E-state index in [1.807, 2.05) is 11.4 Å². The van der Waals surface area contributed by atoms with Gasteiger partial charge in [-0.05, 0) is 43.2 Å². The van der Waals surface area contributed by atoms with Crippen molar-refractivity contribution < 1.29 is 11.0 Å². The third-order valence-corrected chi connectivity index (χ3v) is 5.43. The van der Waals surface area contributed by atoms with Crippen LogP contribution in [0, 0.1) is 11.3 Å². The van der Waals surface area contributed by atoms with Gasteiger partial charge in [0.15, 0.2) is 0 Å². The number of benzene rings is 1. The maximum absolute atomic E-state index is 13.0. The van der Waals surface area contributed by atoms with Crippen molar-refractivity contribution in [2.45, 2.75) is 31.7 Å². The molecular formula is C23H25N7O. The molecule has 3 aromatic rings. The van der Waals surface area contributed by atoms with Gasteiger partial charge in [0.05, 0.1) is 5.48 Å². The van der Waals surface area contributed by atoms with Gasteiger partial charge in [0.2, 0.25) is 5.95 Å². The molecule has 2 aliphatic rings. The highest BCUT2D eigenvalue weighted by molar-refractivity contribution is 5.77. The van der Waals surface area contributed by atoms with Crippen molar-refractivity contribution in [2.24, 2.45) is 0 Å². The number of rotatable bonds is 4. The summed E-state index contributed by atoms with van der Waals surface area (Å²) in [6.07, 6.45) is 5.08. The quantitative estimate of drug-likeness (QED) is 0.666. The maximum Gasteiger partial charge on any atom is 0.270 e. The Morgan fingerprint density at radius 2 is 1.94 bits per heavy atom. The highest BCUT2D eigenvalue weighted by atomic mass is 16.1. The first-order valence-corrected chi connectivity index (χ1v) is 9.99. The van der Waals surface area contributed by atoms with Crippen molar-refractivity contribution in [3.05, 3.63) is 52.4 Å². The van der Waals surface area contributed by atoms with Crippen LogP contribution in [-0.4, -0.2) is 40.5 Å². The molecule has 0 unspecified atom stereocenters. The van der Waals surface area contributed by atoms with E-state index in [1.165, 1.54) is 36.5 Å². The van der Waals surface area contributed by atoms with Gasteiger partial charge in [0.25, 0.3) is 5.56 Å². The van der Waals surface area contributed by atoms with Crippen LogP contribution in [0.2, 0.25) is 0 Å². The molecule has 158 valence electrons. The lowest BCUT2D eigenvalue weighted by Gasteiger charge is -2.29. The molecule has 0 bridgehead atoms. The van der Waals surface area contributed by atoms with Crippen molar-refractivity contribution in [2.75, 3.05) is 36.2 Å². The van der Waals surface area contributed by atoms with Crippen LogP contribution in [0.4, 0.5) is 17.3 Å². The number of fused-ring (bicyclic) bond motifs is 1. The molecule has 1 saturated heterocycles. The van der Waals surface area contributed by atoms with Gasteiger partial charge < -0.3 is 15.5 Å². The van der Waals surface area contributed by atoms with E-state index < -0.39 is 31.5 Å². The van der Waals surface area contributed by atoms with Crippen LogP contribution in [0.15, 0.2) is 41.3 Å². The summed E-state index contributed by atoms with van der Waals surface area (Å²) in [5, 5.41) is 14.8. The maximum atomic E-state index is 13.0. The van der Waals surface area contributed by atoms with E-state index in [1.54, 1.807) is 4.57 Å². The Kier molecular flexibility index (Phi) is 3.35. The second-order valence-corrected chi connectivity index (χ2v) is 7.36. The minimum atomic E-state index is -2.94. The molecule has 8 nitrogen and oxygen atoms in total. The average Bonchev–Trinajstić information content (AvgIpc) is 3.37. The summed E-state index contributed by atoms with van der Waals surface area (Å²) in [5.74, 6) is 0.159. The van der Waals surface area contributed by atoms with Crippen molar-refractivity contribution in [3.63, 3.8) is 0 Å². The number of anilines is 3. The normalized spacial score (nSPS) is 27.4. The van der Waals surface area contributed by atoms with E-state index in [0.29, 0.717) is 21.6 Å². The highest BCUT2D eigenvalue weighted by Crippen LogP contribution is 2.31. The Morgan fingerprint density at radius 3 is 2.65 bits per heavy atom. The topological polar surface area (TPSA) is 98.9 Å². The first-order valence-electron chi connectivity index (χ1n) is 14.0. The molecule has 1 aliphatic carbocycles. The molecule has 8 heteroatoms. The van der Waals surface area contributed by atoms with Crippen molar-refractivity contribution in [1.29, 1.82) is 5.26 Å². The van der Waals surface area contributed by atoms with Crippen LogP contribution >= 0.6 is 0 Å². The Labute approximate surface area is 191 Å². The van der Waals surface area contributed by atoms with E-state index >= 15 is 0 Å². The first kappa shape index (κ1) is 12.4. The number of aromatic nitrogens is 3. The molecule has 0 radical (unpaired) electrons. The fourth-order valence-corrected chi connectivity index (χ4v) is 3.94. The van der Waals surface area contributed by atoms with Gasteiger partial charge in [0, 0.05) is 60.5 Å². The predicted molar refractivity (Wildman–Crippen MR) is 121 cm³/mol. The smallest absolute Gasteiger partial charge is 0.270 e. The Balaban J connectivity index is 1.49. The lowest BCUT2D eigenvalue weighted by atomic mass is 10.2. The van der Waals surface area contributed by atoms with E-state index in [4.69, 9.17) is 11.0 Å². The molecule has 2 fully saturated rings. The molecule has 2 aromatic heterocycles. The number of hydrogen-bond donors (Lipinski definition) is 2. The van der Waals surface area contributed by atoms with Crippen molar-refractivity contribution in [3.8, 4) is 6.07 Å². The SMILES string of the molecule is [2H]C1([2H])NC([2H])([2H])C([2H])([2H])N(c2ccc(Nc3ncc4cc(C#N)c(=O)n(C5CCCC5)c4n3)cc2)C1([2H])[2H]. The molecule has 2 N–H and O–H groups in total. The molecule has 5 rings (SSSR count). The van der Waals surface area contributed by atoms with Gasteiger partial charge in [-0.1, -0.05) is 12.8 Å². The molecule has 0 atom stereocenters. The lowest BCUT2D eigenvalue weighted by molar-refractivity contribution is 0.515. The molecule has 1 aliphatic heterocycles. The summed E-state index contributed by atoms with van der Waals surface area (Å²) in [6, 6.07) is 8.98. The van der Waals surface area contributed by atoms with Crippen LogP contribution in [0.3, 0.4) is 0 Å². The first-order chi connectivity index (χ1) is 18.2. The van der Waals surface area contributed by atoms with E-state index in [0.717, 1.165) is 25.7 Å². The summed E-state index contributed by atoms with van der Waals surface area (Å²) in [6.45, 7) is -11.7. The Bertz CT molecular complexity index is 1500. The van der Waals surface area contributed by atoms with Crippen LogP contribution in [0.5, 0.6) is 0 Å². The zero-order chi connectivity index (χ0) is 28.4. The van der Waals surface area contributed by atoms with Gasteiger partial charge in [-0.25, -0.2) is 4.98 Å². The van der Waals surface area contributed by atoms with Crippen molar-refractivity contribution >= 4 is 28.4 Å². The van der Waals surface area contributed by atoms with Gasteiger partial charge in [0.1, 0.15) is 17.3 Å². The monoisotopic (exact) mass is 423 g/mol. The largest absolute Gasteiger partial charge is 0.369 e. The second-order valence-electron chi connectivity index (χ2n) is 7.36. The zero-order valence-electron chi connectivity index (χ0n) is 24.5. The van der Waals surface area contributed by atoms with Crippen LogP contribution < -0.4 is 21.1 Å². The number of nitrogens with one attached hydrogen (secondary N) is 2. The molecule has 1 aromatic carbocycles. The standard InChI is InChI=1S/C23H25N7O/c24-14-16-13-17-15-26-23(28-21(17)30(22(16)31)20-3-1-2-4-20)27-18-5-7-19(8-6-18)29-11-9-25-10-12-29/h5-8,13,15,20,25H,1-4,9-12H2,(H,26,27,28)/i9D2,10D2,11D2,12D2. The third kappa shape index (κ3) is 3.84. The predicted octanol–water partition coefficient (Wildman–Crippen LogP) is 2.93. The minimum Gasteiger partial charge on any atom is -0.369 e. The Morgan fingerprint density at radius 1 is 1.19 bits per heavy atom. The number of nitriles is 1. The fourth-order valence-electron chi connectivity index (χ4n) is 3.94. The van der Waals surface area contributed by atoms with Gasteiger partial charge in [-0.2, -0.15) is 10.2 Å². The molecule has 31 heavy (non-hydrogen) atoms. The van der Waals surface area contributed by atoms with E-state index in [9.17, 15) is 10.1 Å². The van der Waals surface area contributed by atoms with E-state index in [2.05, 4.69) is 15.3 Å². The number of nitrogens with zero attached hydrogens (tertiary/aromatic N) is 5. The van der Waals surface area contributed by atoms with Crippen molar-refractivity contribution in [1.82, 2.24) is 19.9 Å². The molecular weight excluding hydrogens is 390 g/mol. The molecule has 0 amide bonds. The van der Waals surface area contributed by atoms with E-state index in [-0.39, 0.29) is 23.2 Å². The highest BCUT2D eigenvalue weighted by Gasteiger charge is 2.22. The number of piperazine rings is 1. The third-order valence-electron chi connectivity index (χ3n) is 5.43. The van der Waals surface area contributed by atoms with Gasteiger partial charge >= 0.3 is 0 Å². The fraction of sp³-hybridized carbons (Fsp3) is 0.391. The lowest BCUT2D eigenvalue weighted by Crippen LogP contribution is -2.43. The Hall–Kier alpha value is -3.44. The summed E-state index contributed by atoms with van der Waals surface area (Å²) in [5.41, 5.74) is 0.375. The molecule has 1 saturated carbocycles. The van der Waals surface area contributed by atoms with Gasteiger partial charge in [-0.3, -0.25) is 9.36 Å². The second kappa shape index (κ2) is 8.36. The summed E-state index contributed by atoms with van der Waals surface area (Å²) >= 11 is 0. The van der Waals surface area contributed by atoms with Crippen LogP contribution in [-0.2, 0) is 0 Å². The summed E-state index contributed by atoms with van der Waals surface area (Å²) in [4.78, 5) is 22.3. The van der Waals surface area contributed by atoms with Crippen LogP contribution in [0.1, 0.15) is 48.3 Å². The van der Waals surface area contributed by atoms with Crippen LogP contribution in [0.25, 0.3) is 11.0 Å². The van der Waals surface area contributed by atoms with Gasteiger partial charge in [-0.15, -0.1) is 0 Å². The minimum absolute atomic E-state index is 0.0238.